The lowest BCUT2D eigenvalue weighted by Gasteiger charge is -2.37. The Morgan fingerprint density at radius 2 is 2.32 bits per heavy atom. The molecule has 2 fully saturated rings. The predicted molar refractivity (Wildman–Crippen MR) is 93.9 cm³/mol. The number of aryl methyl sites for hydroxylation is 1. The Morgan fingerprint density at radius 1 is 1.44 bits per heavy atom. The molecule has 0 radical (unpaired) electrons. The van der Waals surface area contributed by atoms with Crippen LogP contribution in [0.2, 0.25) is 0 Å². The highest BCUT2D eigenvalue weighted by Gasteiger charge is 2.70. The zero-order valence-corrected chi connectivity index (χ0v) is 14.6. The molecule has 5 rings (SSSR count). The van der Waals surface area contributed by atoms with E-state index in [1.807, 2.05) is 30.5 Å². The van der Waals surface area contributed by atoms with E-state index in [1.54, 1.807) is 6.20 Å². The standard InChI is InChI=1S/C19H18N2O3S/c1-10-2-3-14-12(8-10)13(22)9-19(24-14)5-4-11-15(16(11)19)17(23)21-18-20-6-7-25-18/h2-3,6-8,11,15-16H,4-5,9H2,1H3,(H,20,21,23)/t11-,15-,16-,19+/m1/s1. The van der Waals surface area contributed by atoms with Crippen molar-refractivity contribution in [1.82, 2.24) is 4.98 Å². The van der Waals surface area contributed by atoms with Gasteiger partial charge in [0.15, 0.2) is 10.9 Å². The molecule has 0 bridgehead atoms. The molecule has 2 saturated carbocycles. The molecule has 2 aromatic rings. The van der Waals surface area contributed by atoms with E-state index in [1.165, 1.54) is 11.3 Å². The van der Waals surface area contributed by atoms with Gasteiger partial charge in [0.05, 0.1) is 12.0 Å². The topological polar surface area (TPSA) is 68.3 Å². The molecule has 1 amide bonds. The smallest absolute Gasteiger partial charge is 0.230 e. The van der Waals surface area contributed by atoms with Gasteiger partial charge < -0.3 is 10.1 Å². The van der Waals surface area contributed by atoms with Crippen molar-refractivity contribution in [2.24, 2.45) is 17.8 Å². The van der Waals surface area contributed by atoms with E-state index in [0.29, 0.717) is 28.8 Å². The van der Waals surface area contributed by atoms with Crippen LogP contribution in [0.15, 0.2) is 29.8 Å². The summed E-state index contributed by atoms with van der Waals surface area (Å²) in [5.41, 5.74) is 1.23. The number of rotatable bonds is 2. The first-order valence-electron chi connectivity index (χ1n) is 8.61. The number of fused-ring (bicyclic) bond motifs is 3. The van der Waals surface area contributed by atoms with Gasteiger partial charge in [0.25, 0.3) is 0 Å². The second-order valence-electron chi connectivity index (χ2n) is 7.35. The first-order valence-corrected chi connectivity index (χ1v) is 9.49. The van der Waals surface area contributed by atoms with E-state index in [4.69, 9.17) is 4.74 Å². The molecule has 3 aliphatic rings. The largest absolute Gasteiger partial charge is 0.486 e. The van der Waals surface area contributed by atoms with Crippen molar-refractivity contribution in [3.05, 3.63) is 40.9 Å². The quantitative estimate of drug-likeness (QED) is 0.897. The summed E-state index contributed by atoms with van der Waals surface area (Å²) in [5, 5.41) is 5.37. The molecule has 0 unspecified atom stereocenters. The van der Waals surface area contributed by atoms with Crippen LogP contribution < -0.4 is 10.1 Å². The first kappa shape index (κ1) is 15.1. The van der Waals surface area contributed by atoms with Crippen molar-refractivity contribution in [2.45, 2.75) is 31.8 Å². The minimum absolute atomic E-state index is 0.00905. The Hall–Kier alpha value is -2.21. The third-order valence-electron chi connectivity index (χ3n) is 5.85. The van der Waals surface area contributed by atoms with Gasteiger partial charge in [-0.05, 0) is 37.8 Å². The maximum absolute atomic E-state index is 12.7. The molecular formula is C19H18N2O3S. The Labute approximate surface area is 149 Å². The zero-order valence-electron chi connectivity index (χ0n) is 13.8. The Balaban J connectivity index is 1.40. The van der Waals surface area contributed by atoms with Gasteiger partial charge in [-0.1, -0.05) is 11.6 Å². The van der Waals surface area contributed by atoms with Crippen LogP contribution in [0.3, 0.4) is 0 Å². The van der Waals surface area contributed by atoms with Gasteiger partial charge in [-0.3, -0.25) is 9.59 Å². The second kappa shape index (κ2) is 5.14. The predicted octanol–water partition coefficient (Wildman–Crippen LogP) is 3.45. The molecule has 6 heteroatoms. The summed E-state index contributed by atoms with van der Waals surface area (Å²) in [6, 6.07) is 5.76. The van der Waals surface area contributed by atoms with Crippen LogP contribution in [-0.2, 0) is 4.79 Å². The zero-order chi connectivity index (χ0) is 17.2. The number of nitrogens with one attached hydrogen (secondary N) is 1. The molecule has 25 heavy (non-hydrogen) atoms. The number of thiazole rings is 1. The molecule has 2 heterocycles. The van der Waals surface area contributed by atoms with E-state index < -0.39 is 5.60 Å². The van der Waals surface area contributed by atoms with Gasteiger partial charge >= 0.3 is 0 Å². The Bertz CT molecular complexity index is 879. The van der Waals surface area contributed by atoms with Gasteiger partial charge in [0.1, 0.15) is 11.4 Å². The van der Waals surface area contributed by atoms with Gasteiger partial charge in [-0.25, -0.2) is 4.98 Å². The minimum atomic E-state index is -0.505. The van der Waals surface area contributed by atoms with Crippen LogP contribution in [0.5, 0.6) is 5.75 Å². The Kier molecular flexibility index (Phi) is 3.10. The molecule has 1 aromatic heterocycles. The van der Waals surface area contributed by atoms with E-state index in [9.17, 15) is 9.59 Å². The third kappa shape index (κ3) is 2.24. The number of ether oxygens (including phenoxy) is 1. The molecule has 1 aliphatic heterocycles. The highest BCUT2D eigenvalue weighted by Crippen LogP contribution is 2.65. The number of hydrogen-bond donors (Lipinski definition) is 1. The number of hydrogen-bond acceptors (Lipinski definition) is 5. The monoisotopic (exact) mass is 354 g/mol. The SMILES string of the molecule is Cc1ccc2c(c1)C(=O)C[C@]1(CC[C@@H]3[C@@H](C(=O)Nc4nccs4)[C@@H]31)O2. The third-order valence-corrected chi connectivity index (χ3v) is 6.54. The summed E-state index contributed by atoms with van der Waals surface area (Å²) in [6.45, 7) is 1.98. The lowest BCUT2D eigenvalue weighted by atomic mass is 9.84. The average Bonchev–Trinajstić information content (AvgIpc) is 2.91. The van der Waals surface area contributed by atoms with Gasteiger partial charge in [0.2, 0.25) is 5.91 Å². The number of amides is 1. The summed E-state index contributed by atoms with van der Waals surface area (Å²) < 4.78 is 6.36. The summed E-state index contributed by atoms with van der Waals surface area (Å²) in [5.74, 6) is 1.20. The molecule has 1 N–H and O–H groups in total. The summed E-state index contributed by atoms with van der Waals surface area (Å²) in [6.07, 6.45) is 3.85. The molecule has 1 spiro atoms. The molecule has 128 valence electrons. The highest BCUT2D eigenvalue weighted by atomic mass is 32.1. The van der Waals surface area contributed by atoms with E-state index >= 15 is 0 Å². The maximum Gasteiger partial charge on any atom is 0.230 e. The van der Waals surface area contributed by atoms with Crippen molar-refractivity contribution in [2.75, 3.05) is 5.32 Å². The number of nitrogens with zero attached hydrogens (tertiary/aromatic N) is 1. The van der Waals surface area contributed by atoms with Crippen molar-refractivity contribution < 1.29 is 14.3 Å². The van der Waals surface area contributed by atoms with Crippen LogP contribution >= 0.6 is 11.3 Å². The molecular weight excluding hydrogens is 336 g/mol. The van der Waals surface area contributed by atoms with E-state index in [2.05, 4.69) is 10.3 Å². The number of aromatic nitrogens is 1. The van der Waals surface area contributed by atoms with Gasteiger partial charge in [-0.2, -0.15) is 0 Å². The van der Waals surface area contributed by atoms with Crippen LogP contribution in [-0.4, -0.2) is 22.3 Å². The molecule has 5 nitrogen and oxygen atoms in total. The molecule has 0 saturated heterocycles. The number of ketones is 1. The number of anilines is 1. The number of Topliss-reactive ketones (excluding diaryl/α,β-unsaturated/α-hetero) is 1. The van der Waals surface area contributed by atoms with Crippen LogP contribution in [0.4, 0.5) is 5.13 Å². The van der Waals surface area contributed by atoms with Crippen molar-refractivity contribution in [3.63, 3.8) is 0 Å². The molecule has 2 aliphatic carbocycles. The van der Waals surface area contributed by atoms with Crippen LogP contribution in [0, 0.1) is 24.7 Å². The minimum Gasteiger partial charge on any atom is -0.486 e. The van der Waals surface area contributed by atoms with Crippen molar-refractivity contribution in [1.29, 1.82) is 0 Å². The maximum atomic E-state index is 12.7. The number of carbonyl (C=O) groups is 2. The van der Waals surface area contributed by atoms with Crippen molar-refractivity contribution in [3.8, 4) is 5.75 Å². The average molecular weight is 354 g/mol. The lowest BCUT2D eigenvalue weighted by Crippen LogP contribution is -2.44. The normalized spacial score (nSPS) is 32.0. The fourth-order valence-corrected chi connectivity index (χ4v) is 5.29. The van der Waals surface area contributed by atoms with Crippen molar-refractivity contribution >= 4 is 28.2 Å². The van der Waals surface area contributed by atoms with Gasteiger partial charge in [0, 0.05) is 23.4 Å². The van der Waals surface area contributed by atoms with E-state index in [0.717, 1.165) is 18.4 Å². The van der Waals surface area contributed by atoms with Gasteiger partial charge in [-0.15, -0.1) is 11.3 Å². The van der Waals surface area contributed by atoms with Crippen LogP contribution in [0.1, 0.15) is 35.2 Å². The lowest BCUT2D eigenvalue weighted by molar-refractivity contribution is -0.119. The number of carbonyl (C=O) groups excluding carboxylic acids is 2. The fraction of sp³-hybridized carbons (Fsp3) is 0.421. The molecule has 1 aromatic carbocycles. The fourth-order valence-electron chi connectivity index (χ4n) is 4.76. The second-order valence-corrected chi connectivity index (χ2v) is 8.24. The Morgan fingerprint density at radius 3 is 3.12 bits per heavy atom. The number of benzene rings is 1. The summed E-state index contributed by atoms with van der Waals surface area (Å²) in [7, 11) is 0. The summed E-state index contributed by atoms with van der Waals surface area (Å²) in [4.78, 5) is 29.4. The van der Waals surface area contributed by atoms with E-state index in [-0.39, 0.29) is 23.5 Å². The highest BCUT2D eigenvalue weighted by molar-refractivity contribution is 7.13. The molecule has 4 atom stereocenters. The summed E-state index contributed by atoms with van der Waals surface area (Å²) >= 11 is 1.42. The first-order chi connectivity index (χ1) is 12.1. The van der Waals surface area contributed by atoms with Crippen LogP contribution in [0.25, 0.3) is 0 Å².